The Kier molecular flexibility index (Phi) is 4.73. The number of nitrogens with zero attached hydrogens (tertiary/aromatic N) is 2. The lowest BCUT2D eigenvalue weighted by atomic mass is 10.2. The molecule has 2 rings (SSSR count). The van der Waals surface area contributed by atoms with Gasteiger partial charge < -0.3 is 10.6 Å². The van der Waals surface area contributed by atoms with Crippen LogP contribution >= 0.6 is 11.3 Å². The Morgan fingerprint density at radius 1 is 1.28 bits per heavy atom. The van der Waals surface area contributed by atoms with Gasteiger partial charge in [0.15, 0.2) is 0 Å². The second-order valence-corrected chi connectivity index (χ2v) is 5.35. The van der Waals surface area contributed by atoms with Crippen LogP contribution in [0.5, 0.6) is 0 Å². The molecule has 2 aromatic rings. The van der Waals surface area contributed by atoms with Crippen molar-refractivity contribution in [1.82, 2.24) is 4.98 Å². The van der Waals surface area contributed by atoms with Gasteiger partial charge in [0.2, 0.25) is 0 Å². The summed E-state index contributed by atoms with van der Waals surface area (Å²) in [5, 5.41) is 2.12. The molecule has 0 fully saturated rings. The van der Waals surface area contributed by atoms with E-state index in [-0.39, 0.29) is 0 Å². The Labute approximate surface area is 112 Å². The van der Waals surface area contributed by atoms with Crippen molar-refractivity contribution in [3.63, 3.8) is 0 Å². The molecular formula is C14H19N3S. The summed E-state index contributed by atoms with van der Waals surface area (Å²) in [7, 11) is 2.08. The van der Waals surface area contributed by atoms with Crippen LogP contribution in [0, 0.1) is 0 Å². The fourth-order valence-electron chi connectivity index (χ4n) is 1.80. The van der Waals surface area contributed by atoms with Gasteiger partial charge in [0.05, 0.1) is 0 Å². The van der Waals surface area contributed by atoms with E-state index in [1.54, 1.807) is 0 Å². The largest absolute Gasteiger partial charge is 0.359 e. The molecule has 3 nitrogen and oxygen atoms in total. The van der Waals surface area contributed by atoms with Crippen molar-refractivity contribution < 1.29 is 0 Å². The third-order valence-electron chi connectivity index (χ3n) is 2.91. The molecule has 0 aliphatic heterocycles. The molecule has 0 aliphatic carbocycles. The summed E-state index contributed by atoms with van der Waals surface area (Å²) in [4.78, 5) is 8.08. The Hall–Kier alpha value is -1.39. The molecule has 0 amide bonds. The molecule has 0 spiro atoms. The van der Waals surface area contributed by atoms with Crippen LogP contribution in [-0.4, -0.2) is 25.1 Å². The van der Waals surface area contributed by atoms with Gasteiger partial charge in [0.1, 0.15) is 5.82 Å². The Bertz CT molecular complexity index is 450. The van der Waals surface area contributed by atoms with Gasteiger partial charge in [-0.15, -0.1) is 11.3 Å². The number of pyridine rings is 1. The van der Waals surface area contributed by atoms with Crippen molar-refractivity contribution in [1.29, 1.82) is 0 Å². The highest BCUT2D eigenvalue weighted by molar-refractivity contribution is 7.09. The van der Waals surface area contributed by atoms with Crippen LogP contribution in [0.4, 0.5) is 5.82 Å². The van der Waals surface area contributed by atoms with Crippen molar-refractivity contribution in [2.75, 3.05) is 25.0 Å². The fourth-order valence-corrected chi connectivity index (χ4v) is 2.50. The molecule has 4 heteroatoms. The van der Waals surface area contributed by atoms with Crippen LogP contribution in [0.3, 0.4) is 0 Å². The zero-order chi connectivity index (χ0) is 12.8. The number of nitrogens with two attached hydrogens (primary N) is 1. The third-order valence-corrected chi connectivity index (χ3v) is 3.84. The number of hydrogen-bond donors (Lipinski definition) is 1. The Balaban J connectivity index is 1.89. The van der Waals surface area contributed by atoms with Crippen LogP contribution in [0.15, 0.2) is 35.8 Å². The smallest absolute Gasteiger partial charge is 0.128 e. The molecule has 2 aromatic heterocycles. The molecule has 0 saturated carbocycles. The van der Waals surface area contributed by atoms with Crippen LogP contribution in [-0.2, 0) is 12.8 Å². The third kappa shape index (κ3) is 3.55. The minimum absolute atomic E-state index is 0.676. The molecule has 0 radical (unpaired) electrons. The minimum atomic E-state index is 0.676. The van der Waals surface area contributed by atoms with Crippen LogP contribution < -0.4 is 10.6 Å². The average Bonchev–Trinajstić information content (AvgIpc) is 2.90. The zero-order valence-corrected chi connectivity index (χ0v) is 11.5. The number of thiophene rings is 1. The van der Waals surface area contributed by atoms with E-state index in [2.05, 4.69) is 46.6 Å². The summed E-state index contributed by atoms with van der Waals surface area (Å²) in [6.45, 7) is 1.67. The van der Waals surface area contributed by atoms with Gasteiger partial charge in [-0.25, -0.2) is 4.98 Å². The lowest BCUT2D eigenvalue weighted by Gasteiger charge is -2.17. The molecule has 2 N–H and O–H groups in total. The van der Waals surface area contributed by atoms with Crippen molar-refractivity contribution >= 4 is 17.2 Å². The summed E-state index contributed by atoms with van der Waals surface area (Å²) in [6.07, 6.45) is 3.89. The predicted molar refractivity (Wildman–Crippen MR) is 78.3 cm³/mol. The van der Waals surface area contributed by atoms with Gasteiger partial charge in [-0.05, 0) is 42.5 Å². The first-order valence-electron chi connectivity index (χ1n) is 6.18. The van der Waals surface area contributed by atoms with E-state index in [1.165, 1.54) is 10.4 Å². The molecule has 0 unspecified atom stereocenters. The van der Waals surface area contributed by atoms with Gasteiger partial charge in [-0.2, -0.15) is 0 Å². The van der Waals surface area contributed by atoms with E-state index in [0.29, 0.717) is 6.54 Å². The highest BCUT2D eigenvalue weighted by atomic mass is 32.1. The topological polar surface area (TPSA) is 42.1 Å². The molecule has 0 bridgehead atoms. The highest BCUT2D eigenvalue weighted by Gasteiger charge is 2.03. The molecule has 2 heterocycles. The number of likely N-dealkylation sites (N-methyl/N-ethyl adjacent to an activating group) is 1. The van der Waals surface area contributed by atoms with Gasteiger partial charge in [-0.1, -0.05) is 12.1 Å². The van der Waals surface area contributed by atoms with Crippen molar-refractivity contribution in [3.05, 3.63) is 46.3 Å². The molecule has 0 saturated heterocycles. The van der Waals surface area contributed by atoms with Gasteiger partial charge in [-0.3, -0.25) is 0 Å². The van der Waals surface area contributed by atoms with Crippen LogP contribution in [0.2, 0.25) is 0 Å². The first-order chi connectivity index (χ1) is 8.79. The van der Waals surface area contributed by atoms with Gasteiger partial charge >= 0.3 is 0 Å². The maximum Gasteiger partial charge on any atom is 0.128 e. The predicted octanol–water partition coefficient (Wildman–Crippen LogP) is 2.32. The molecular weight excluding hydrogens is 242 g/mol. The van der Waals surface area contributed by atoms with E-state index < -0.39 is 0 Å². The summed E-state index contributed by atoms with van der Waals surface area (Å²) >= 11 is 1.81. The van der Waals surface area contributed by atoms with E-state index in [1.807, 2.05) is 17.5 Å². The second-order valence-electron chi connectivity index (χ2n) is 4.31. The van der Waals surface area contributed by atoms with Crippen molar-refractivity contribution in [2.45, 2.75) is 12.8 Å². The maximum atomic E-state index is 5.52. The molecule has 0 atom stereocenters. The van der Waals surface area contributed by atoms with E-state index in [4.69, 9.17) is 5.73 Å². The van der Waals surface area contributed by atoms with Gasteiger partial charge in [0.25, 0.3) is 0 Å². The lowest BCUT2D eigenvalue weighted by Crippen LogP contribution is -2.21. The van der Waals surface area contributed by atoms with Gasteiger partial charge in [0, 0.05) is 24.7 Å². The molecule has 0 aliphatic rings. The Morgan fingerprint density at radius 2 is 2.17 bits per heavy atom. The fraction of sp³-hybridized carbons (Fsp3) is 0.357. The number of anilines is 1. The summed E-state index contributed by atoms with van der Waals surface area (Å²) < 4.78 is 0. The first-order valence-corrected chi connectivity index (χ1v) is 7.06. The minimum Gasteiger partial charge on any atom is -0.359 e. The van der Waals surface area contributed by atoms with Crippen LogP contribution in [0.25, 0.3) is 0 Å². The average molecular weight is 261 g/mol. The quantitative estimate of drug-likeness (QED) is 0.867. The van der Waals surface area contributed by atoms with Crippen LogP contribution in [0.1, 0.15) is 10.4 Å². The molecule has 18 heavy (non-hydrogen) atoms. The number of rotatable bonds is 6. The van der Waals surface area contributed by atoms with E-state index >= 15 is 0 Å². The second kappa shape index (κ2) is 6.52. The summed E-state index contributed by atoms with van der Waals surface area (Å²) in [5.74, 6) is 1.02. The number of hydrogen-bond acceptors (Lipinski definition) is 4. The highest BCUT2D eigenvalue weighted by Crippen LogP contribution is 2.13. The SMILES string of the molecule is CN(CCc1cccs1)c1ccc(CCN)cn1. The lowest BCUT2D eigenvalue weighted by molar-refractivity contribution is 0.864. The van der Waals surface area contributed by atoms with E-state index in [0.717, 1.165) is 25.2 Å². The monoisotopic (exact) mass is 261 g/mol. The van der Waals surface area contributed by atoms with E-state index in [9.17, 15) is 0 Å². The molecule has 96 valence electrons. The zero-order valence-electron chi connectivity index (χ0n) is 10.7. The van der Waals surface area contributed by atoms with Crippen molar-refractivity contribution in [3.8, 4) is 0 Å². The standard InChI is InChI=1S/C14H19N3S/c1-17(9-7-13-3-2-10-18-13)14-5-4-12(6-8-15)11-16-14/h2-5,10-11H,6-9,15H2,1H3. The summed E-state index contributed by atoms with van der Waals surface area (Å²) in [6, 6.07) is 8.45. The Morgan fingerprint density at radius 3 is 2.78 bits per heavy atom. The maximum absolute atomic E-state index is 5.52. The number of aromatic nitrogens is 1. The van der Waals surface area contributed by atoms with Crippen molar-refractivity contribution in [2.24, 2.45) is 5.73 Å². The first kappa shape index (κ1) is 13.1. The summed E-state index contributed by atoms with van der Waals surface area (Å²) in [5.41, 5.74) is 6.73. The molecule has 0 aromatic carbocycles. The normalized spacial score (nSPS) is 10.6.